The Balaban J connectivity index is 2.34. The number of hydrogen-bond acceptors (Lipinski definition) is 2. The molecule has 0 spiro atoms. The van der Waals surface area contributed by atoms with Crippen molar-refractivity contribution in [1.29, 1.82) is 0 Å². The maximum atomic E-state index is 6.00. The van der Waals surface area contributed by atoms with Gasteiger partial charge in [0.25, 0.3) is 0 Å². The molecular formula is C13H27NS. The number of nitrogens with two attached hydrogens (primary N) is 1. The van der Waals surface area contributed by atoms with E-state index in [4.69, 9.17) is 5.73 Å². The van der Waals surface area contributed by atoms with Crippen molar-refractivity contribution < 1.29 is 0 Å². The van der Waals surface area contributed by atoms with Crippen molar-refractivity contribution in [2.24, 2.45) is 17.1 Å². The topological polar surface area (TPSA) is 26.0 Å². The van der Waals surface area contributed by atoms with E-state index in [1.54, 1.807) is 0 Å². The second-order valence-corrected chi connectivity index (χ2v) is 6.14. The lowest BCUT2D eigenvalue weighted by atomic mass is 9.68. The molecule has 0 unspecified atom stereocenters. The molecule has 15 heavy (non-hydrogen) atoms. The van der Waals surface area contributed by atoms with Gasteiger partial charge in [-0.25, -0.2) is 0 Å². The SMILES string of the molecule is CCC1CCC(CN)(CCCSC)CC1. The molecule has 0 radical (unpaired) electrons. The van der Waals surface area contributed by atoms with Gasteiger partial charge in [-0.2, -0.15) is 11.8 Å². The minimum absolute atomic E-state index is 0.515. The lowest BCUT2D eigenvalue weighted by Crippen LogP contribution is -2.35. The van der Waals surface area contributed by atoms with Crippen LogP contribution in [0.15, 0.2) is 0 Å². The lowest BCUT2D eigenvalue weighted by Gasteiger charge is -2.39. The standard InChI is InChI=1S/C13H27NS/c1-3-12-5-8-13(11-14,9-6-12)7-4-10-15-2/h12H,3-11,14H2,1-2H3. The average Bonchev–Trinajstić information content (AvgIpc) is 2.30. The first-order chi connectivity index (χ1) is 7.26. The van der Waals surface area contributed by atoms with Crippen LogP contribution in [0.4, 0.5) is 0 Å². The van der Waals surface area contributed by atoms with Crippen molar-refractivity contribution in [1.82, 2.24) is 0 Å². The maximum absolute atomic E-state index is 6.00. The third kappa shape index (κ3) is 3.99. The van der Waals surface area contributed by atoms with Crippen molar-refractivity contribution in [3.05, 3.63) is 0 Å². The Labute approximate surface area is 99.6 Å². The van der Waals surface area contributed by atoms with E-state index >= 15 is 0 Å². The highest BCUT2D eigenvalue weighted by molar-refractivity contribution is 7.98. The molecule has 1 rings (SSSR count). The fourth-order valence-corrected chi connectivity index (χ4v) is 3.28. The zero-order valence-electron chi connectivity index (χ0n) is 10.4. The van der Waals surface area contributed by atoms with E-state index in [2.05, 4.69) is 13.2 Å². The summed E-state index contributed by atoms with van der Waals surface area (Å²) >= 11 is 1.96. The van der Waals surface area contributed by atoms with Gasteiger partial charge >= 0.3 is 0 Å². The first-order valence-corrected chi connectivity index (χ1v) is 7.85. The smallest absolute Gasteiger partial charge is 0.00205 e. The zero-order valence-corrected chi connectivity index (χ0v) is 11.2. The van der Waals surface area contributed by atoms with Crippen LogP contribution in [0, 0.1) is 11.3 Å². The van der Waals surface area contributed by atoms with Crippen molar-refractivity contribution in [3.63, 3.8) is 0 Å². The monoisotopic (exact) mass is 229 g/mol. The fraction of sp³-hybridized carbons (Fsp3) is 1.00. The lowest BCUT2D eigenvalue weighted by molar-refractivity contribution is 0.141. The molecule has 1 aliphatic rings. The molecule has 2 heteroatoms. The van der Waals surface area contributed by atoms with Gasteiger partial charge in [0.1, 0.15) is 0 Å². The quantitative estimate of drug-likeness (QED) is 0.703. The Morgan fingerprint density at radius 1 is 1.33 bits per heavy atom. The molecule has 0 heterocycles. The van der Waals surface area contributed by atoms with E-state index in [0.717, 1.165) is 12.5 Å². The van der Waals surface area contributed by atoms with Crippen LogP contribution in [-0.2, 0) is 0 Å². The highest BCUT2D eigenvalue weighted by Gasteiger charge is 2.32. The third-order valence-electron chi connectivity index (χ3n) is 4.23. The molecule has 0 aromatic carbocycles. The predicted molar refractivity (Wildman–Crippen MR) is 71.4 cm³/mol. The van der Waals surface area contributed by atoms with Gasteiger partial charge in [0, 0.05) is 0 Å². The second kappa shape index (κ2) is 6.80. The van der Waals surface area contributed by atoms with Crippen LogP contribution in [0.5, 0.6) is 0 Å². The van der Waals surface area contributed by atoms with E-state index in [-0.39, 0.29) is 0 Å². The van der Waals surface area contributed by atoms with Gasteiger partial charge in [0.05, 0.1) is 0 Å². The van der Waals surface area contributed by atoms with Crippen molar-refractivity contribution in [2.45, 2.75) is 51.9 Å². The molecule has 0 aromatic heterocycles. The molecule has 0 bridgehead atoms. The Morgan fingerprint density at radius 3 is 2.47 bits per heavy atom. The van der Waals surface area contributed by atoms with E-state index in [0.29, 0.717) is 5.41 Å². The molecule has 1 saturated carbocycles. The van der Waals surface area contributed by atoms with Gasteiger partial charge in [0.15, 0.2) is 0 Å². The number of rotatable bonds is 6. The molecule has 1 nitrogen and oxygen atoms in total. The van der Waals surface area contributed by atoms with Crippen molar-refractivity contribution >= 4 is 11.8 Å². The normalized spacial score (nSPS) is 31.8. The molecule has 1 fully saturated rings. The van der Waals surface area contributed by atoms with Gasteiger partial charge in [-0.1, -0.05) is 13.3 Å². The van der Waals surface area contributed by atoms with Gasteiger partial charge in [-0.05, 0) is 68.4 Å². The number of thioether (sulfide) groups is 1. The van der Waals surface area contributed by atoms with Gasteiger partial charge in [-0.15, -0.1) is 0 Å². The molecule has 90 valence electrons. The maximum Gasteiger partial charge on any atom is -0.00205 e. The minimum Gasteiger partial charge on any atom is -0.330 e. The highest BCUT2D eigenvalue weighted by Crippen LogP contribution is 2.42. The second-order valence-electron chi connectivity index (χ2n) is 5.15. The van der Waals surface area contributed by atoms with E-state index in [1.165, 1.54) is 50.7 Å². The Kier molecular flexibility index (Phi) is 6.06. The Morgan fingerprint density at radius 2 is 2.00 bits per heavy atom. The summed E-state index contributed by atoms with van der Waals surface area (Å²) < 4.78 is 0. The molecule has 0 aromatic rings. The van der Waals surface area contributed by atoms with Crippen LogP contribution in [0.2, 0.25) is 0 Å². The van der Waals surface area contributed by atoms with Crippen LogP contribution in [0.3, 0.4) is 0 Å². The number of hydrogen-bond donors (Lipinski definition) is 1. The van der Waals surface area contributed by atoms with Gasteiger partial charge in [-0.3, -0.25) is 0 Å². The largest absolute Gasteiger partial charge is 0.330 e. The van der Waals surface area contributed by atoms with E-state index in [9.17, 15) is 0 Å². The van der Waals surface area contributed by atoms with Crippen molar-refractivity contribution in [3.8, 4) is 0 Å². The summed E-state index contributed by atoms with van der Waals surface area (Å²) in [5.41, 5.74) is 6.52. The Hall–Kier alpha value is 0.310. The van der Waals surface area contributed by atoms with Crippen LogP contribution >= 0.6 is 11.8 Å². The third-order valence-corrected chi connectivity index (χ3v) is 4.93. The molecular weight excluding hydrogens is 202 g/mol. The van der Waals surface area contributed by atoms with Crippen LogP contribution in [0.25, 0.3) is 0 Å². The highest BCUT2D eigenvalue weighted by atomic mass is 32.2. The first kappa shape index (κ1) is 13.4. The summed E-state index contributed by atoms with van der Waals surface area (Å²) in [6.45, 7) is 3.24. The van der Waals surface area contributed by atoms with Crippen LogP contribution in [-0.4, -0.2) is 18.6 Å². The molecule has 0 aliphatic heterocycles. The molecule has 0 amide bonds. The minimum atomic E-state index is 0.515. The Bertz CT molecular complexity index is 156. The van der Waals surface area contributed by atoms with Gasteiger partial charge < -0.3 is 5.73 Å². The molecule has 0 atom stereocenters. The van der Waals surface area contributed by atoms with Crippen LogP contribution in [0.1, 0.15) is 51.9 Å². The first-order valence-electron chi connectivity index (χ1n) is 6.45. The summed E-state index contributed by atoms with van der Waals surface area (Å²) in [6.07, 6.45) is 11.9. The van der Waals surface area contributed by atoms with Crippen LogP contribution < -0.4 is 5.73 Å². The van der Waals surface area contributed by atoms with E-state index in [1.807, 2.05) is 11.8 Å². The molecule has 2 N–H and O–H groups in total. The fourth-order valence-electron chi connectivity index (χ4n) is 2.85. The zero-order chi connectivity index (χ0) is 11.1. The van der Waals surface area contributed by atoms with Gasteiger partial charge in [0.2, 0.25) is 0 Å². The summed E-state index contributed by atoms with van der Waals surface area (Å²) in [5, 5.41) is 0. The predicted octanol–water partition coefficient (Wildman–Crippen LogP) is 3.67. The molecule has 0 saturated heterocycles. The van der Waals surface area contributed by atoms with Crippen molar-refractivity contribution in [2.75, 3.05) is 18.6 Å². The van der Waals surface area contributed by atoms with E-state index < -0.39 is 0 Å². The molecule has 1 aliphatic carbocycles. The summed E-state index contributed by atoms with van der Waals surface area (Å²) in [4.78, 5) is 0. The average molecular weight is 229 g/mol. The summed E-state index contributed by atoms with van der Waals surface area (Å²) in [7, 11) is 0. The summed E-state index contributed by atoms with van der Waals surface area (Å²) in [5.74, 6) is 2.30. The summed E-state index contributed by atoms with van der Waals surface area (Å²) in [6, 6.07) is 0.